The predicted molar refractivity (Wildman–Crippen MR) is 69.3 cm³/mol. The number of carbonyl (C=O) groups is 1. The summed E-state index contributed by atoms with van der Waals surface area (Å²) >= 11 is 3.43. The van der Waals surface area contributed by atoms with E-state index in [0.29, 0.717) is 6.54 Å². The lowest BCUT2D eigenvalue weighted by atomic mass is 9.89. The number of aryl methyl sites for hydroxylation is 1. The topological polar surface area (TPSA) is 46.9 Å². The van der Waals surface area contributed by atoms with Gasteiger partial charge in [-0.3, -0.25) is 9.48 Å². The van der Waals surface area contributed by atoms with Crippen LogP contribution in [0, 0.1) is 5.92 Å². The van der Waals surface area contributed by atoms with Gasteiger partial charge in [0, 0.05) is 13.0 Å². The number of halogens is 1. The Bertz CT molecular complexity index is 377. The second-order valence-corrected chi connectivity index (χ2v) is 5.47. The second kappa shape index (κ2) is 5.67. The minimum Gasteiger partial charge on any atom is -0.350 e. The van der Waals surface area contributed by atoms with Crippen molar-refractivity contribution in [1.82, 2.24) is 15.1 Å². The smallest absolute Gasteiger partial charge is 0.223 e. The van der Waals surface area contributed by atoms with E-state index < -0.39 is 0 Å². The van der Waals surface area contributed by atoms with Gasteiger partial charge in [-0.05, 0) is 28.8 Å². The van der Waals surface area contributed by atoms with E-state index in [9.17, 15) is 4.79 Å². The molecule has 5 heteroatoms. The second-order valence-electron chi connectivity index (χ2n) is 4.62. The van der Waals surface area contributed by atoms with Crippen LogP contribution in [0.25, 0.3) is 0 Å². The Morgan fingerprint density at radius 3 is 2.82 bits per heavy atom. The maximum absolute atomic E-state index is 12.0. The van der Waals surface area contributed by atoms with Crippen molar-refractivity contribution < 1.29 is 4.79 Å². The Hall–Kier alpha value is -0.840. The molecule has 1 aromatic rings. The summed E-state index contributed by atoms with van der Waals surface area (Å²) in [5.41, 5.74) is 1.01. The van der Waals surface area contributed by atoms with E-state index >= 15 is 0 Å². The molecule has 1 aromatic heterocycles. The van der Waals surface area contributed by atoms with Gasteiger partial charge in [0.05, 0.1) is 22.9 Å². The van der Waals surface area contributed by atoms with Crippen LogP contribution in [-0.4, -0.2) is 15.7 Å². The van der Waals surface area contributed by atoms with Crippen LogP contribution in [0.4, 0.5) is 0 Å². The standard InChI is InChI=1S/C12H18BrN3O/c1-16-11(10(13)7-15-16)8-14-12(17)9-5-3-2-4-6-9/h7,9H,2-6,8H2,1H3,(H,14,17). The van der Waals surface area contributed by atoms with Crippen LogP contribution in [0.5, 0.6) is 0 Å². The fourth-order valence-corrected chi connectivity index (χ4v) is 2.80. The third-order valence-corrected chi connectivity index (χ3v) is 4.08. The first kappa shape index (κ1) is 12.6. The maximum Gasteiger partial charge on any atom is 0.223 e. The molecule has 1 amide bonds. The molecule has 1 aliphatic carbocycles. The van der Waals surface area contributed by atoms with Crippen LogP contribution >= 0.6 is 15.9 Å². The van der Waals surface area contributed by atoms with E-state index in [1.807, 2.05) is 7.05 Å². The third-order valence-electron chi connectivity index (χ3n) is 3.42. The average molecular weight is 300 g/mol. The highest BCUT2D eigenvalue weighted by Gasteiger charge is 2.21. The Morgan fingerprint density at radius 2 is 2.24 bits per heavy atom. The van der Waals surface area contributed by atoms with Crippen molar-refractivity contribution in [2.75, 3.05) is 0 Å². The number of hydrogen-bond donors (Lipinski definition) is 1. The lowest BCUT2D eigenvalue weighted by Crippen LogP contribution is -2.32. The molecule has 94 valence electrons. The highest BCUT2D eigenvalue weighted by Crippen LogP contribution is 2.24. The van der Waals surface area contributed by atoms with Crippen molar-refractivity contribution >= 4 is 21.8 Å². The zero-order chi connectivity index (χ0) is 12.3. The van der Waals surface area contributed by atoms with Crippen LogP contribution < -0.4 is 5.32 Å². The van der Waals surface area contributed by atoms with E-state index in [1.54, 1.807) is 10.9 Å². The number of carbonyl (C=O) groups excluding carboxylic acids is 1. The van der Waals surface area contributed by atoms with Crippen LogP contribution in [0.3, 0.4) is 0 Å². The van der Waals surface area contributed by atoms with Crippen LogP contribution in [0.2, 0.25) is 0 Å². The highest BCUT2D eigenvalue weighted by molar-refractivity contribution is 9.10. The van der Waals surface area contributed by atoms with Gasteiger partial charge >= 0.3 is 0 Å². The summed E-state index contributed by atoms with van der Waals surface area (Å²) < 4.78 is 2.73. The first-order valence-electron chi connectivity index (χ1n) is 6.12. The zero-order valence-corrected chi connectivity index (χ0v) is 11.7. The van der Waals surface area contributed by atoms with Crippen molar-refractivity contribution in [3.8, 4) is 0 Å². The van der Waals surface area contributed by atoms with E-state index in [2.05, 4.69) is 26.3 Å². The Balaban J connectivity index is 1.87. The summed E-state index contributed by atoms with van der Waals surface area (Å²) in [6.45, 7) is 0.548. The van der Waals surface area contributed by atoms with Gasteiger partial charge in [0.1, 0.15) is 0 Å². The van der Waals surface area contributed by atoms with Crippen molar-refractivity contribution in [2.45, 2.75) is 38.6 Å². The SMILES string of the molecule is Cn1ncc(Br)c1CNC(=O)C1CCCCC1. The monoisotopic (exact) mass is 299 g/mol. The molecule has 1 N–H and O–H groups in total. The molecule has 4 nitrogen and oxygen atoms in total. The number of rotatable bonds is 3. The Morgan fingerprint density at radius 1 is 1.53 bits per heavy atom. The molecule has 17 heavy (non-hydrogen) atoms. The number of aromatic nitrogens is 2. The predicted octanol–water partition coefficient (Wildman–Crippen LogP) is 2.38. The van der Waals surface area contributed by atoms with E-state index in [4.69, 9.17) is 0 Å². The first-order valence-corrected chi connectivity index (χ1v) is 6.92. The minimum atomic E-state index is 0.192. The normalized spacial score (nSPS) is 17.1. The lowest BCUT2D eigenvalue weighted by molar-refractivity contribution is -0.126. The van der Waals surface area contributed by atoms with Gasteiger partial charge in [-0.25, -0.2) is 0 Å². The quantitative estimate of drug-likeness (QED) is 0.931. The van der Waals surface area contributed by atoms with Crippen LogP contribution in [0.1, 0.15) is 37.8 Å². The maximum atomic E-state index is 12.0. The molecule has 0 unspecified atom stereocenters. The van der Waals surface area contributed by atoms with Gasteiger partial charge in [0.15, 0.2) is 0 Å². The van der Waals surface area contributed by atoms with E-state index in [1.165, 1.54) is 19.3 Å². The summed E-state index contributed by atoms with van der Waals surface area (Å²) in [6, 6.07) is 0. The highest BCUT2D eigenvalue weighted by atomic mass is 79.9. The fourth-order valence-electron chi connectivity index (χ4n) is 2.31. The van der Waals surface area contributed by atoms with Crippen molar-refractivity contribution in [3.05, 3.63) is 16.4 Å². The Kier molecular flexibility index (Phi) is 4.20. The Labute approximate surface area is 110 Å². The van der Waals surface area contributed by atoms with E-state index in [0.717, 1.165) is 23.0 Å². The molecule has 1 aliphatic rings. The minimum absolute atomic E-state index is 0.192. The molecule has 0 atom stereocenters. The molecule has 0 bridgehead atoms. The van der Waals surface area contributed by atoms with Crippen LogP contribution in [-0.2, 0) is 18.4 Å². The summed E-state index contributed by atoms with van der Waals surface area (Å²) in [6.07, 6.45) is 7.48. The molecule has 1 fully saturated rings. The number of hydrogen-bond acceptors (Lipinski definition) is 2. The summed E-state index contributed by atoms with van der Waals surface area (Å²) in [5.74, 6) is 0.411. The number of nitrogens with one attached hydrogen (secondary N) is 1. The van der Waals surface area contributed by atoms with Gasteiger partial charge in [-0.15, -0.1) is 0 Å². The first-order chi connectivity index (χ1) is 8.18. The molecular formula is C12H18BrN3O. The summed E-state index contributed by atoms with van der Waals surface area (Å²) in [5, 5.41) is 7.13. The third kappa shape index (κ3) is 3.09. The van der Waals surface area contributed by atoms with E-state index in [-0.39, 0.29) is 11.8 Å². The van der Waals surface area contributed by atoms with Crippen molar-refractivity contribution in [1.29, 1.82) is 0 Å². The molecule has 2 rings (SSSR count). The largest absolute Gasteiger partial charge is 0.350 e. The molecule has 0 aromatic carbocycles. The number of nitrogens with zero attached hydrogens (tertiary/aromatic N) is 2. The van der Waals surface area contributed by atoms with Gasteiger partial charge in [0.25, 0.3) is 0 Å². The lowest BCUT2D eigenvalue weighted by Gasteiger charge is -2.20. The molecule has 0 aliphatic heterocycles. The van der Waals surface area contributed by atoms with Crippen molar-refractivity contribution in [3.63, 3.8) is 0 Å². The number of amides is 1. The van der Waals surface area contributed by atoms with Crippen LogP contribution in [0.15, 0.2) is 10.7 Å². The average Bonchev–Trinajstić information content (AvgIpc) is 2.67. The van der Waals surface area contributed by atoms with Gasteiger partial charge in [-0.2, -0.15) is 5.10 Å². The van der Waals surface area contributed by atoms with Crippen molar-refractivity contribution in [2.24, 2.45) is 13.0 Å². The van der Waals surface area contributed by atoms with Gasteiger partial charge in [0.2, 0.25) is 5.91 Å². The molecule has 0 radical (unpaired) electrons. The molecule has 0 spiro atoms. The molecule has 1 heterocycles. The van der Waals surface area contributed by atoms with Gasteiger partial charge in [-0.1, -0.05) is 19.3 Å². The summed E-state index contributed by atoms with van der Waals surface area (Å²) in [7, 11) is 1.88. The summed E-state index contributed by atoms with van der Waals surface area (Å²) in [4.78, 5) is 12.0. The zero-order valence-electron chi connectivity index (χ0n) is 10.1. The molecular weight excluding hydrogens is 282 g/mol. The fraction of sp³-hybridized carbons (Fsp3) is 0.667. The molecule has 0 saturated heterocycles. The molecule has 1 saturated carbocycles. The van der Waals surface area contributed by atoms with Gasteiger partial charge < -0.3 is 5.32 Å².